The number of aryl methyl sites for hydroxylation is 1. The Balaban J connectivity index is 1.89. The highest BCUT2D eigenvalue weighted by Crippen LogP contribution is 2.32. The van der Waals surface area contributed by atoms with Gasteiger partial charge in [-0.15, -0.1) is 11.8 Å². The summed E-state index contributed by atoms with van der Waals surface area (Å²) in [6.07, 6.45) is 4.89. The number of hydrogen-bond acceptors (Lipinski definition) is 3. The first-order valence-electron chi connectivity index (χ1n) is 7.89. The predicted molar refractivity (Wildman–Crippen MR) is 91.5 cm³/mol. The average molecular weight is 316 g/mol. The molecular formula is C18H24N2OS. The van der Waals surface area contributed by atoms with Crippen molar-refractivity contribution in [2.45, 2.75) is 50.3 Å². The van der Waals surface area contributed by atoms with E-state index in [-0.39, 0.29) is 5.91 Å². The Labute approximate surface area is 137 Å². The number of rotatable bonds is 5. The average Bonchev–Trinajstić information content (AvgIpc) is 2.56. The molecule has 1 fully saturated rings. The number of carbonyl (C=O) groups is 1. The lowest BCUT2D eigenvalue weighted by Gasteiger charge is -2.39. The van der Waals surface area contributed by atoms with Crippen molar-refractivity contribution in [1.29, 1.82) is 5.26 Å². The minimum Gasteiger partial charge on any atom is -0.326 e. The molecule has 1 amide bonds. The van der Waals surface area contributed by atoms with Crippen molar-refractivity contribution >= 4 is 17.7 Å². The van der Waals surface area contributed by atoms with Crippen LogP contribution in [0.4, 0.5) is 0 Å². The smallest absolute Gasteiger partial charge is 0.233 e. The zero-order chi connectivity index (χ0) is 16.0. The quantitative estimate of drug-likeness (QED) is 0.827. The van der Waals surface area contributed by atoms with Gasteiger partial charge in [0.1, 0.15) is 5.54 Å². The van der Waals surface area contributed by atoms with Gasteiger partial charge in [0.2, 0.25) is 5.91 Å². The Morgan fingerprint density at radius 1 is 1.32 bits per heavy atom. The van der Waals surface area contributed by atoms with Crippen molar-refractivity contribution in [3.05, 3.63) is 35.4 Å². The number of nitrogens with zero attached hydrogens (tertiary/aromatic N) is 2. The lowest BCUT2D eigenvalue weighted by Crippen LogP contribution is -2.50. The van der Waals surface area contributed by atoms with Crippen LogP contribution >= 0.6 is 11.8 Å². The van der Waals surface area contributed by atoms with Gasteiger partial charge in [-0.25, -0.2) is 0 Å². The highest BCUT2D eigenvalue weighted by molar-refractivity contribution is 7.99. The lowest BCUT2D eigenvalue weighted by atomic mass is 9.81. The SMILES string of the molecule is Cc1ccccc1CSCC(=O)N(C)C1(C#N)CCCCC1. The van der Waals surface area contributed by atoms with Crippen LogP contribution in [0.25, 0.3) is 0 Å². The van der Waals surface area contributed by atoms with E-state index >= 15 is 0 Å². The van der Waals surface area contributed by atoms with Gasteiger partial charge in [0.15, 0.2) is 0 Å². The van der Waals surface area contributed by atoms with Gasteiger partial charge in [0, 0.05) is 12.8 Å². The monoisotopic (exact) mass is 316 g/mol. The second kappa shape index (κ2) is 7.69. The standard InChI is InChI=1S/C18H24N2OS/c1-15-8-4-5-9-16(15)12-22-13-17(21)20(2)18(14-19)10-6-3-7-11-18/h4-5,8-9H,3,6-7,10-13H2,1-2H3. The van der Waals surface area contributed by atoms with Crippen molar-refractivity contribution in [3.63, 3.8) is 0 Å². The molecule has 2 rings (SSSR count). The van der Waals surface area contributed by atoms with Crippen LogP contribution in [0.5, 0.6) is 0 Å². The first kappa shape index (κ1) is 16.9. The largest absolute Gasteiger partial charge is 0.326 e. The highest BCUT2D eigenvalue weighted by Gasteiger charge is 2.38. The molecule has 1 saturated carbocycles. The van der Waals surface area contributed by atoms with Crippen LogP contribution in [0.2, 0.25) is 0 Å². The molecule has 0 bridgehead atoms. The van der Waals surface area contributed by atoms with E-state index in [0.717, 1.165) is 31.4 Å². The Morgan fingerprint density at radius 2 is 2.00 bits per heavy atom. The van der Waals surface area contributed by atoms with Gasteiger partial charge in [-0.3, -0.25) is 4.79 Å². The maximum atomic E-state index is 12.4. The Morgan fingerprint density at radius 3 is 2.64 bits per heavy atom. The van der Waals surface area contributed by atoms with Crippen LogP contribution in [0.1, 0.15) is 43.2 Å². The summed E-state index contributed by atoms with van der Waals surface area (Å²) in [5.41, 5.74) is 1.96. The predicted octanol–water partition coefficient (Wildman–Crippen LogP) is 3.91. The zero-order valence-electron chi connectivity index (χ0n) is 13.5. The summed E-state index contributed by atoms with van der Waals surface area (Å²) in [5.74, 6) is 1.35. The minimum atomic E-state index is -0.571. The maximum Gasteiger partial charge on any atom is 0.233 e. The van der Waals surface area contributed by atoms with Crippen molar-refractivity contribution in [2.24, 2.45) is 0 Å². The molecule has 0 saturated heterocycles. The molecule has 0 heterocycles. The van der Waals surface area contributed by atoms with Gasteiger partial charge >= 0.3 is 0 Å². The number of amides is 1. The lowest BCUT2D eigenvalue weighted by molar-refractivity contribution is -0.131. The molecule has 118 valence electrons. The van der Waals surface area contributed by atoms with E-state index in [9.17, 15) is 10.1 Å². The van der Waals surface area contributed by atoms with Crippen molar-refractivity contribution in [3.8, 4) is 6.07 Å². The molecule has 3 nitrogen and oxygen atoms in total. The molecule has 0 radical (unpaired) electrons. The van der Waals surface area contributed by atoms with E-state index in [1.165, 1.54) is 17.5 Å². The van der Waals surface area contributed by atoms with Gasteiger partial charge in [-0.2, -0.15) is 5.26 Å². The third-order valence-corrected chi connectivity index (χ3v) is 5.62. The fourth-order valence-corrected chi connectivity index (χ4v) is 4.03. The fourth-order valence-electron chi connectivity index (χ4n) is 3.01. The minimum absolute atomic E-state index is 0.0713. The molecule has 1 aromatic rings. The van der Waals surface area contributed by atoms with E-state index in [1.54, 1.807) is 23.7 Å². The first-order valence-corrected chi connectivity index (χ1v) is 9.05. The Kier molecular flexibility index (Phi) is 5.90. The van der Waals surface area contributed by atoms with Crippen LogP contribution in [0, 0.1) is 18.3 Å². The second-order valence-electron chi connectivity index (χ2n) is 6.08. The van der Waals surface area contributed by atoms with E-state index in [4.69, 9.17) is 0 Å². The topological polar surface area (TPSA) is 44.1 Å². The summed E-state index contributed by atoms with van der Waals surface area (Å²) < 4.78 is 0. The van der Waals surface area contributed by atoms with E-state index in [0.29, 0.717) is 5.75 Å². The molecule has 22 heavy (non-hydrogen) atoms. The molecule has 0 unspecified atom stereocenters. The molecular weight excluding hydrogens is 292 g/mol. The van der Waals surface area contributed by atoms with Crippen molar-refractivity contribution in [2.75, 3.05) is 12.8 Å². The highest BCUT2D eigenvalue weighted by atomic mass is 32.2. The van der Waals surface area contributed by atoms with Crippen molar-refractivity contribution < 1.29 is 4.79 Å². The summed E-state index contributed by atoms with van der Waals surface area (Å²) in [6, 6.07) is 10.7. The Bertz CT molecular complexity index is 558. The van der Waals surface area contributed by atoms with Crippen LogP contribution in [0.3, 0.4) is 0 Å². The van der Waals surface area contributed by atoms with Crippen LogP contribution < -0.4 is 0 Å². The van der Waals surface area contributed by atoms with Crippen LogP contribution in [-0.4, -0.2) is 29.1 Å². The number of hydrogen-bond donors (Lipinski definition) is 0. The molecule has 0 aliphatic heterocycles. The molecule has 1 aromatic carbocycles. The Hall–Kier alpha value is -1.47. The van der Waals surface area contributed by atoms with Gasteiger partial charge in [0.05, 0.1) is 11.8 Å². The number of thioether (sulfide) groups is 1. The first-order chi connectivity index (χ1) is 10.6. The molecule has 0 aromatic heterocycles. The summed E-state index contributed by atoms with van der Waals surface area (Å²) in [7, 11) is 1.80. The number of nitriles is 1. The van der Waals surface area contributed by atoms with Crippen LogP contribution in [-0.2, 0) is 10.5 Å². The second-order valence-corrected chi connectivity index (χ2v) is 7.06. The van der Waals surface area contributed by atoms with E-state index in [2.05, 4.69) is 25.1 Å². The van der Waals surface area contributed by atoms with Gasteiger partial charge < -0.3 is 4.90 Å². The third kappa shape index (κ3) is 3.84. The van der Waals surface area contributed by atoms with Crippen LogP contribution in [0.15, 0.2) is 24.3 Å². The summed E-state index contributed by atoms with van der Waals surface area (Å²) in [4.78, 5) is 14.1. The fraction of sp³-hybridized carbons (Fsp3) is 0.556. The molecule has 0 atom stereocenters. The zero-order valence-corrected chi connectivity index (χ0v) is 14.3. The third-order valence-electron chi connectivity index (χ3n) is 4.65. The summed E-state index contributed by atoms with van der Waals surface area (Å²) in [5, 5.41) is 9.55. The van der Waals surface area contributed by atoms with Crippen molar-refractivity contribution in [1.82, 2.24) is 4.90 Å². The molecule has 0 spiro atoms. The van der Waals surface area contributed by atoms with E-state index in [1.807, 2.05) is 12.1 Å². The van der Waals surface area contributed by atoms with Gasteiger partial charge in [0.25, 0.3) is 0 Å². The molecule has 0 N–H and O–H groups in total. The number of carbonyl (C=O) groups excluding carboxylic acids is 1. The van der Waals surface area contributed by atoms with Gasteiger partial charge in [-0.05, 0) is 30.9 Å². The summed E-state index contributed by atoms with van der Waals surface area (Å²) in [6.45, 7) is 2.09. The summed E-state index contributed by atoms with van der Waals surface area (Å²) >= 11 is 1.63. The molecule has 1 aliphatic carbocycles. The molecule has 1 aliphatic rings. The van der Waals surface area contributed by atoms with E-state index < -0.39 is 5.54 Å². The normalized spacial score (nSPS) is 16.8. The maximum absolute atomic E-state index is 12.4. The number of benzene rings is 1. The molecule has 4 heteroatoms. The van der Waals surface area contributed by atoms with Gasteiger partial charge in [-0.1, -0.05) is 43.5 Å².